The first-order chi connectivity index (χ1) is 17.8. The average molecular weight is 617 g/mol. The molecule has 11 heteroatoms. The van der Waals surface area contributed by atoms with Gasteiger partial charge in [0.25, 0.3) is 0 Å². The van der Waals surface area contributed by atoms with Crippen LogP contribution in [0.15, 0.2) is 45.0 Å². The standard InChI is InChI=1S/C27H28BrF3O6S/c1-13-8-15-16-10-18(30)17-9-14(32)6-7-24(17,2)26(16,31)20(33)11-25(15,3)27(13,23(35)38-12-29)37-22(34)19-4-5-21(28)36-19/h4-7,9,13,15-16,18,20,33H,8,10-12H2,1-3H3/t13?,15-,16-,18?,20?,24-,25-,26?,27?/m0/s1. The summed E-state index contributed by atoms with van der Waals surface area (Å²) in [5.41, 5.74) is -7.24. The van der Waals surface area contributed by atoms with Gasteiger partial charge >= 0.3 is 5.97 Å². The van der Waals surface area contributed by atoms with Gasteiger partial charge in [-0.25, -0.2) is 18.0 Å². The van der Waals surface area contributed by atoms with Crippen LogP contribution in [0.1, 0.15) is 50.6 Å². The van der Waals surface area contributed by atoms with Gasteiger partial charge in [0.1, 0.15) is 12.2 Å². The number of ketones is 1. The molecular weight excluding hydrogens is 589 g/mol. The number of alkyl halides is 3. The number of hydrogen-bond acceptors (Lipinski definition) is 7. The zero-order valence-electron chi connectivity index (χ0n) is 21.0. The lowest BCUT2D eigenvalue weighted by Gasteiger charge is -2.63. The molecule has 6 nitrogen and oxygen atoms in total. The minimum absolute atomic E-state index is 0.0115. The minimum atomic E-state index is -2.36. The highest BCUT2D eigenvalue weighted by atomic mass is 79.9. The van der Waals surface area contributed by atoms with Crippen molar-refractivity contribution in [3.05, 3.63) is 46.4 Å². The number of hydrogen-bond donors (Lipinski definition) is 1. The molecule has 1 aromatic heterocycles. The van der Waals surface area contributed by atoms with E-state index in [4.69, 9.17) is 9.15 Å². The number of carbonyl (C=O) groups is 3. The Hall–Kier alpha value is -1.85. The van der Waals surface area contributed by atoms with E-state index in [1.807, 2.05) is 0 Å². The van der Waals surface area contributed by atoms with Crippen molar-refractivity contribution in [1.29, 1.82) is 0 Å². The highest BCUT2D eigenvalue weighted by Crippen LogP contribution is 2.72. The third-order valence-electron chi connectivity index (χ3n) is 9.69. The Labute approximate surface area is 230 Å². The van der Waals surface area contributed by atoms with Crippen LogP contribution in [-0.2, 0) is 14.3 Å². The van der Waals surface area contributed by atoms with Crippen LogP contribution in [0, 0.1) is 28.6 Å². The number of fused-ring (bicyclic) bond motifs is 5. The molecule has 5 rings (SSSR count). The summed E-state index contributed by atoms with van der Waals surface area (Å²) >= 11 is 3.46. The van der Waals surface area contributed by atoms with Gasteiger partial charge in [0.05, 0.1) is 6.10 Å². The quantitative estimate of drug-likeness (QED) is 0.434. The second-order valence-electron chi connectivity index (χ2n) is 11.3. The van der Waals surface area contributed by atoms with Crippen molar-refractivity contribution in [3.8, 4) is 0 Å². The van der Waals surface area contributed by atoms with E-state index in [-0.39, 0.29) is 35.3 Å². The number of allylic oxidation sites excluding steroid dienone is 4. The van der Waals surface area contributed by atoms with Gasteiger partial charge in [0.2, 0.25) is 10.9 Å². The summed E-state index contributed by atoms with van der Waals surface area (Å²) < 4.78 is 58.1. The first-order valence-corrected chi connectivity index (χ1v) is 14.2. The van der Waals surface area contributed by atoms with Crippen molar-refractivity contribution in [2.24, 2.45) is 28.6 Å². The first-order valence-electron chi connectivity index (χ1n) is 12.4. The van der Waals surface area contributed by atoms with E-state index in [9.17, 15) is 23.9 Å². The number of thioether (sulfide) groups is 1. The van der Waals surface area contributed by atoms with Gasteiger partial charge in [0.15, 0.2) is 21.7 Å². The maximum atomic E-state index is 17.4. The van der Waals surface area contributed by atoms with Crippen LogP contribution >= 0.6 is 27.7 Å². The number of halogens is 4. The normalized spacial score (nSPS) is 43.6. The molecule has 4 aliphatic rings. The summed E-state index contributed by atoms with van der Waals surface area (Å²) in [6.07, 6.45) is -0.162. The van der Waals surface area contributed by atoms with Gasteiger partial charge in [-0.3, -0.25) is 9.59 Å². The maximum absolute atomic E-state index is 17.4. The molecule has 1 aromatic rings. The summed E-state index contributed by atoms with van der Waals surface area (Å²) in [6.45, 7) is 4.78. The minimum Gasteiger partial charge on any atom is -0.443 e. The van der Waals surface area contributed by atoms with Gasteiger partial charge in [-0.05, 0) is 89.7 Å². The van der Waals surface area contributed by atoms with E-state index in [1.165, 1.54) is 31.2 Å². The fraction of sp³-hybridized carbons (Fsp3) is 0.593. The summed E-state index contributed by atoms with van der Waals surface area (Å²) in [7, 11) is 0. The van der Waals surface area contributed by atoms with Crippen LogP contribution in [0.2, 0.25) is 0 Å². The van der Waals surface area contributed by atoms with Crippen LogP contribution in [0.5, 0.6) is 0 Å². The van der Waals surface area contributed by atoms with Crippen LogP contribution in [0.4, 0.5) is 13.2 Å². The Morgan fingerprint density at radius 1 is 1.26 bits per heavy atom. The largest absolute Gasteiger partial charge is 0.443 e. The summed E-state index contributed by atoms with van der Waals surface area (Å²) in [5.74, 6) is -4.07. The fourth-order valence-electron chi connectivity index (χ4n) is 8.00. The fourth-order valence-corrected chi connectivity index (χ4v) is 9.09. The summed E-state index contributed by atoms with van der Waals surface area (Å²) in [6, 6.07) is 1.76. The Morgan fingerprint density at radius 3 is 2.61 bits per heavy atom. The number of aliphatic hydroxyl groups excluding tert-OH is 1. The smallest absolute Gasteiger partial charge is 0.375 e. The van der Waals surface area contributed by atoms with Crippen molar-refractivity contribution in [2.45, 2.75) is 63.6 Å². The number of ether oxygens (including phenoxy) is 1. The molecule has 1 N–H and O–H groups in total. The molecule has 4 aliphatic carbocycles. The molecule has 3 fully saturated rings. The molecule has 0 saturated heterocycles. The molecule has 38 heavy (non-hydrogen) atoms. The van der Waals surface area contributed by atoms with Gasteiger partial charge in [-0.2, -0.15) is 0 Å². The predicted molar refractivity (Wildman–Crippen MR) is 136 cm³/mol. The number of furan rings is 1. The highest BCUT2D eigenvalue weighted by molar-refractivity contribution is 9.10. The summed E-state index contributed by atoms with van der Waals surface area (Å²) in [4.78, 5) is 38.9. The van der Waals surface area contributed by atoms with E-state index in [0.29, 0.717) is 11.8 Å². The monoisotopic (exact) mass is 616 g/mol. The SMILES string of the molecule is CC1C[C@H]2[C@@H]3CC(F)C4=CC(=O)C=C[C@]4(C)C3(F)C(O)C[C@]2(C)C1(OC(=O)c1ccc(Br)o1)C(=O)SCF. The lowest BCUT2D eigenvalue weighted by Crippen LogP contribution is -2.70. The van der Waals surface area contributed by atoms with E-state index >= 15 is 8.78 Å². The lowest BCUT2D eigenvalue weighted by molar-refractivity contribution is -0.221. The van der Waals surface area contributed by atoms with E-state index in [0.717, 1.165) is 6.08 Å². The molecule has 0 radical (unpaired) electrons. The molecule has 9 atom stereocenters. The van der Waals surface area contributed by atoms with Crippen molar-refractivity contribution in [1.82, 2.24) is 0 Å². The second-order valence-corrected chi connectivity index (χ2v) is 12.9. The number of rotatable bonds is 4. The molecule has 0 bridgehead atoms. The molecule has 1 heterocycles. The predicted octanol–water partition coefficient (Wildman–Crippen LogP) is 5.69. The average Bonchev–Trinajstić information content (AvgIpc) is 3.38. The molecule has 0 aromatic carbocycles. The van der Waals surface area contributed by atoms with E-state index < -0.39 is 75.0 Å². The van der Waals surface area contributed by atoms with E-state index in [1.54, 1.807) is 13.8 Å². The highest BCUT2D eigenvalue weighted by Gasteiger charge is 2.78. The number of carbonyl (C=O) groups excluding carboxylic acids is 3. The van der Waals surface area contributed by atoms with Gasteiger partial charge in [0, 0.05) is 22.7 Å². The Bertz CT molecular complexity index is 1270. The molecule has 0 spiro atoms. The molecule has 5 unspecified atom stereocenters. The van der Waals surface area contributed by atoms with Crippen molar-refractivity contribution in [3.63, 3.8) is 0 Å². The Morgan fingerprint density at radius 2 is 1.97 bits per heavy atom. The third-order valence-corrected chi connectivity index (χ3v) is 10.8. The van der Waals surface area contributed by atoms with Crippen LogP contribution in [-0.4, -0.2) is 51.5 Å². The van der Waals surface area contributed by atoms with Crippen LogP contribution in [0.3, 0.4) is 0 Å². The first kappa shape index (κ1) is 27.7. The van der Waals surface area contributed by atoms with Crippen LogP contribution < -0.4 is 0 Å². The maximum Gasteiger partial charge on any atom is 0.375 e. The Balaban J connectivity index is 1.63. The second kappa shape index (κ2) is 9.09. The molecular formula is C27H28BrF3O6S. The van der Waals surface area contributed by atoms with Crippen molar-refractivity contribution >= 4 is 44.6 Å². The molecule has 0 amide bonds. The molecule has 206 valence electrons. The topological polar surface area (TPSA) is 93.8 Å². The molecule has 3 saturated carbocycles. The zero-order valence-corrected chi connectivity index (χ0v) is 23.4. The number of esters is 1. The third kappa shape index (κ3) is 3.46. The van der Waals surface area contributed by atoms with Gasteiger partial charge < -0.3 is 14.3 Å². The zero-order chi connectivity index (χ0) is 27.8. The molecule has 0 aliphatic heterocycles. The summed E-state index contributed by atoms with van der Waals surface area (Å²) in [5, 5.41) is 10.8. The van der Waals surface area contributed by atoms with Gasteiger partial charge in [-0.1, -0.05) is 19.9 Å². The van der Waals surface area contributed by atoms with Crippen molar-refractivity contribution in [2.75, 3.05) is 6.01 Å². The van der Waals surface area contributed by atoms with Gasteiger partial charge in [-0.15, -0.1) is 0 Å². The Kier molecular flexibility index (Phi) is 6.63. The lowest BCUT2D eigenvalue weighted by atomic mass is 9.44. The number of aliphatic hydroxyl groups is 1. The van der Waals surface area contributed by atoms with Crippen molar-refractivity contribution < 1.29 is 41.8 Å². The van der Waals surface area contributed by atoms with E-state index in [2.05, 4.69) is 15.9 Å². The van der Waals surface area contributed by atoms with Crippen LogP contribution in [0.25, 0.3) is 0 Å².